The van der Waals surface area contributed by atoms with Crippen molar-refractivity contribution in [1.82, 2.24) is 4.98 Å². The van der Waals surface area contributed by atoms with Gasteiger partial charge in [0.25, 0.3) is 0 Å². The van der Waals surface area contributed by atoms with Gasteiger partial charge < -0.3 is 0 Å². The predicted octanol–water partition coefficient (Wildman–Crippen LogP) is 6.34. The largest absolute Gasteiger partial charge is 0.224 e. The molecule has 0 amide bonds. The van der Waals surface area contributed by atoms with Crippen molar-refractivity contribution in [1.29, 1.82) is 0 Å². The predicted molar refractivity (Wildman–Crippen MR) is 103 cm³/mol. The van der Waals surface area contributed by atoms with Crippen LogP contribution in [-0.4, -0.2) is 4.98 Å². The third kappa shape index (κ3) is 3.18. The van der Waals surface area contributed by atoms with Crippen LogP contribution in [-0.2, 0) is 0 Å². The molecule has 1 heterocycles. The lowest BCUT2D eigenvalue weighted by atomic mass is 10.1. The second kappa shape index (κ2) is 6.29. The van der Waals surface area contributed by atoms with Crippen LogP contribution in [0.5, 0.6) is 0 Å². The van der Waals surface area contributed by atoms with Crippen molar-refractivity contribution in [2.75, 3.05) is 0 Å². The van der Waals surface area contributed by atoms with Gasteiger partial charge in [0.2, 0.25) is 0 Å². The molecular weight excluding hydrogens is 516 g/mol. The van der Waals surface area contributed by atoms with Gasteiger partial charge in [-0.15, -0.1) is 11.3 Å². The number of hydrogen-bond donors (Lipinski definition) is 0. The number of halogens is 3. The Morgan fingerprint density at radius 2 is 1.30 bits per heavy atom. The van der Waals surface area contributed by atoms with Crippen LogP contribution in [0.3, 0.4) is 0 Å². The van der Waals surface area contributed by atoms with Crippen molar-refractivity contribution in [2.24, 2.45) is 0 Å². The van der Waals surface area contributed by atoms with E-state index in [0.29, 0.717) is 4.47 Å². The van der Waals surface area contributed by atoms with Crippen LogP contribution < -0.4 is 0 Å². The van der Waals surface area contributed by atoms with Gasteiger partial charge in [0, 0.05) is 12.7 Å². The van der Waals surface area contributed by atoms with Gasteiger partial charge in [0.05, 0.1) is 10.6 Å². The summed E-state index contributed by atoms with van der Waals surface area (Å²) < 4.78 is 3.01. The molecule has 0 aliphatic carbocycles. The van der Waals surface area contributed by atoms with Crippen molar-refractivity contribution in [3.63, 3.8) is 0 Å². The standard InChI is InChI=1S/C15H8ClI2NS/c16-15-19-13(9-1-5-11(17)6-2-9)14(20-15)10-3-7-12(18)8-4-10/h1-8H. The molecule has 0 N–H and O–H groups in total. The first-order valence-corrected chi connectivity index (χ1v) is 9.17. The first kappa shape index (κ1) is 14.7. The Labute approximate surface area is 153 Å². The lowest BCUT2D eigenvalue weighted by molar-refractivity contribution is 1.40. The van der Waals surface area contributed by atoms with Gasteiger partial charge in [-0.3, -0.25) is 0 Å². The minimum Gasteiger partial charge on any atom is -0.224 e. The minimum absolute atomic E-state index is 0.576. The summed E-state index contributed by atoms with van der Waals surface area (Å²) in [6.45, 7) is 0. The third-order valence-electron chi connectivity index (χ3n) is 2.83. The molecule has 0 aliphatic rings. The van der Waals surface area contributed by atoms with Crippen molar-refractivity contribution in [3.05, 3.63) is 60.1 Å². The van der Waals surface area contributed by atoms with E-state index < -0.39 is 0 Å². The molecule has 1 aromatic heterocycles. The maximum Gasteiger partial charge on any atom is 0.184 e. The van der Waals surface area contributed by atoms with Gasteiger partial charge in [0.1, 0.15) is 0 Å². The summed E-state index contributed by atoms with van der Waals surface area (Å²) >= 11 is 12.3. The highest BCUT2D eigenvalue weighted by molar-refractivity contribution is 14.1. The van der Waals surface area contributed by atoms with Crippen molar-refractivity contribution >= 4 is 68.1 Å². The van der Waals surface area contributed by atoms with Crippen molar-refractivity contribution in [2.45, 2.75) is 0 Å². The molecule has 0 bridgehead atoms. The van der Waals surface area contributed by atoms with E-state index >= 15 is 0 Å². The van der Waals surface area contributed by atoms with Gasteiger partial charge in [0.15, 0.2) is 4.47 Å². The zero-order valence-corrected chi connectivity index (χ0v) is 16.0. The Kier molecular flexibility index (Phi) is 4.64. The van der Waals surface area contributed by atoms with Crippen LogP contribution in [0, 0.1) is 7.14 Å². The summed E-state index contributed by atoms with van der Waals surface area (Å²) in [6, 6.07) is 16.8. The molecule has 2 aromatic carbocycles. The number of rotatable bonds is 2. The topological polar surface area (TPSA) is 12.9 Å². The fourth-order valence-corrected chi connectivity index (χ4v) is 3.75. The Morgan fingerprint density at radius 3 is 1.85 bits per heavy atom. The normalized spacial score (nSPS) is 10.8. The molecule has 5 heteroatoms. The van der Waals surface area contributed by atoms with E-state index in [4.69, 9.17) is 11.6 Å². The number of benzene rings is 2. The highest BCUT2D eigenvalue weighted by Crippen LogP contribution is 2.38. The fourth-order valence-electron chi connectivity index (χ4n) is 1.89. The number of hydrogen-bond acceptors (Lipinski definition) is 2. The number of thiazole rings is 1. The molecule has 20 heavy (non-hydrogen) atoms. The average Bonchev–Trinajstić information content (AvgIpc) is 2.82. The highest BCUT2D eigenvalue weighted by atomic mass is 127. The molecule has 0 spiro atoms. The Hall–Kier alpha value is -0.180. The fraction of sp³-hybridized carbons (Fsp3) is 0. The quantitative estimate of drug-likeness (QED) is 0.357. The molecular formula is C15H8ClI2NS. The van der Waals surface area contributed by atoms with E-state index in [2.05, 4.69) is 98.7 Å². The summed E-state index contributed by atoms with van der Waals surface area (Å²) in [5.41, 5.74) is 3.21. The molecule has 0 atom stereocenters. The Bertz CT molecular complexity index is 673. The SMILES string of the molecule is Clc1nc(-c2ccc(I)cc2)c(-c2ccc(I)cc2)s1. The average molecular weight is 524 g/mol. The van der Waals surface area contributed by atoms with Gasteiger partial charge in [-0.25, -0.2) is 4.98 Å². The zero-order valence-electron chi connectivity index (χ0n) is 10.1. The summed E-state index contributed by atoms with van der Waals surface area (Å²) in [5.74, 6) is 0. The molecule has 3 aromatic rings. The second-order valence-corrected chi connectivity index (χ2v) is 8.23. The van der Waals surface area contributed by atoms with E-state index in [1.54, 1.807) is 0 Å². The van der Waals surface area contributed by atoms with E-state index in [9.17, 15) is 0 Å². The van der Waals surface area contributed by atoms with Gasteiger partial charge in [-0.1, -0.05) is 35.9 Å². The lowest BCUT2D eigenvalue weighted by Gasteiger charge is -2.03. The van der Waals surface area contributed by atoms with E-state index in [1.165, 1.54) is 18.5 Å². The van der Waals surface area contributed by atoms with Gasteiger partial charge >= 0.3 is 0 Å². The maximum atomic E-state index is 6.13. The molecule has 0 saturated carbocycles. The van der Waals surface area contributed by atoms with Crippen LogP contribution in [0.4, 0.5) is 0 Å². The van der Waals surface area contributed by atoms with E-state index in [0.717, 1.165) is 21.7 Å². The second-order valence-electron chi connectivity index (χ2n) is 4.16. The first-order chi connectivity index (χ1) is 9.63. The summed E-state index contributed by atoms with van der Waals surface area (Å²) in [6.07, 6.45) is 0. The zero-order chi connectivity index (χ0) is 14.1. The van der Waals surface area contributed by atoms with E-state index in [1.807, 2.05) is 0 Å². The summed E-state index contributed by atoms with van der Waals surface area (Å²) in [5, 5.41) is 0. The molecule has 0 aliphatic heterocycles. The van der Waals surface area contributed by atoms with Gasteiger partial charge in [-0.2, -0.15) is 0 Å². The molecule has 0 saturated heterocycles. The summed E-state index contributed by atoms with van der Waals surface area (Å²) in [4.78, 5) is 5.61. The molecule has 1 nitrogen and oxygen atoms in total. The Morgan fingerprint density at radius 1 is 0.800 bits per heavy atom. The van der Waals surface area contributed by atoms with Crippen LogP contribution >= 0.6 is 68.1 Å². The van der Waals surface area contributed by atoms with E-state index in [-0.39, 0.29) is 0 Å². The number of aromatic nitrogens is 1. The smallest absolute Gasteiger partial charge is 0.184 e. The lowest BCUT2D eigenvalue weighted by Crippen LogP contribution is -1.83. The molecule has 100 valence electrons. The van der Waals surface area contributed by atoms with Crippen molar-refractivity contribution in [3.8, 4) is 21.7 Å². The van der Waals surface area contributed by atoms with Crippen LogP contribution in [0.2, 0.25) is 4.47 Å². The first-order valence-electron chi connectivity index (χ1n) is 5.82. The maximum absolute atomic E-state index is 6.13. The molecule has 0 radical (unpaired) electrons. The summed E-state index contributed by atoms with van der Waals surface area (Å²) in [7, 11) is 0. The van der Waals surface area contributed by atoms with Gasteiger partial charge in [-0.05, 0) is 75.0 Å². The minimum atomic E-state index is 0.576. The van der Waals surface area contributed by atoms with Crippen molar-refractivity contribution < 1.29 is 0 Å². The third-order valence-corrected chi connectivity index (χ3v) is 5.47. The molecule has 3 rings (SSSR count). The highest BCUT2D eigenvalue weighted by Gasteiger charge is 2.13. The Balaban J connectivity index is 2.12. The van der Waals surface area contributed by atoms with Crippen LogP contribution in [0.15, 0.2) is 48.5 Å². The van der Waals surface area contributed by atoms with Crippen LogP contribution in [0.25, 0.3) is 21.7 Å². The van der Waals surface area contributed by atoms with Crippen LogP contribution in [0.1, 0.15) is 0 Å². The molecule has 0 unspecified atom stereocenters. The number of nitrogens with zero attached hydrogens (tertiary/aromatic N) is 1. The monoisotopic (exact) mass is 523 g/mol. The molecule has 0 fully saturated rings.